The number of nitrogens with one attached hydrogen (secondary N) is 1. The molecule has 0 unspecified atom stereocenters. The molecule has 3 heteroatoms. The van der Waals surface area contributed by atoms with Gasteiger partial charge in [0.05, 0.1) is 6.61 Å². The van der Waals surface area contributed by atoms with Crippen LogP contribution in [0.3, 0.4) is 0 Å². The fourth-order valence-electron chi connectivity index (χ4n) is 1.46. The standard InChI is InChI=1S/C14H24N2O/c1-12(2)11-17-14-7-5-6-13(10-14)16-9-4-3-8-15/h5-7,10,12,16H,3-4,8-9,11,15H2,1-2H3. The average molecular weight is 236 g/mol. The van der Waals surface area contributed by atoms with Crippen molar-refractivity contribution in [3.8, 4) is 5.75 Å². The molecule has 0 aliphatic rings. The average Bonchev–Trinajstić information content (AvgIpc) is 2.33. The van der Waals surface area contributed by atoms with Crippen molar-refractivity contribution in [1.29, 1.82) is 0 Å². The van der Waals surface area contributed by atoms with Crippen LogP contribution in [0.15, 0.2) is 24.3 Å². The summed E-state index contributed by atoms with van der Waals surface area (Å²) in [6, 6.07) is 8.11. The first-order valence-corrected chi connectivity index (χ1v) is 6.39. The van der Waals surface area contributed by atoms with Crippen molar-refractivity contribution in [2.75, 3.05) is 25.0 Å². The highest BCUT2D eigenvalue weighted by Gasteiger charge is 1.98. The zero-order valence-electron chi connectivity index (χ0n) is 10.9. The number of ether oxygens (including phenoxy) is 1. The first kappa shape index (κ1) is 13.8. The summed E-state index contributed by atoms with van der Waals surface area (Å²) < 4.78 is 5.68. The maximum Gasteiger partial charge on any atom is 0.121 e. The van der Waals surface area contributed by atoms with Crippen LogP contribution in [0.4, 0.5) is 5.69 Å². The van der Waals surface area contributed by atoms with E-state index in [2.05, 4.69) is 25.2 Å². The van der Waals surface area contributed by atoms with E-state index in [0.717, 1.165) is 44.0 Å². The fourth-order valence-corrected chi connectivity index (χ4v) is 1.46. The number of hydrogen-bond acceptors (Lipinski definition) is 3. The Balaban J connectivity index is 2.37. The Morgan fingerprint density at radius 1 is 1.29 bits per heavy atom. The van der Waals surface area contributed by atoms with Crippen molar-refractivity contribution >= 4 is 5.69 Å². The van der Waals surface area contributed by atoms with E-state index >= 15 is 0 Å². The van der Waals surface area contributed by atoms with E-state index in [4.69, 9.17) is 10.5 Å². The lowest BCUT2D eigenvalue weighted by Crippen LogP contribution is -2.07. The van der Waals surface area contributed by atoms with E-state index < -0.39 is 0 Å². The Kier molecular flexibility index (Phi) is 6.48. The zero-order chi connectivity index (χ0) is 12.5. The van der Waals surface area contributed by atoms with Crippen molar-refractivity contribution in [1.82, 2.24) is 0 Å². The molecule has 0 saturated carbocycles. The third-order valence-corrected chi connectivity index (χ3v) is 2.38. The van der Waals surface area contributed by atoms with Crippen LogP contribution < -0.4 is 15.8 Å². The van der Waals surface area contributed by atoms with E-state index in [0.29, 0.717) is 5.92 Å². The smallest absolute Gasteiger partial charge is 0.121 e. The van der Waals surface area contributed by atoms with Gasteiger partial charge in [0, 0.05) is 18.3 Å². The summed E-state index contributed by atoms with van der Waals surface area (Å²) in [4.78, 5) is 0. The maximum absolute atomic E-state index is 5.68. The van der Waals surface area contributed by atoms with Gasteiger partial charge in [-0.15, -0.1) is 0 Å². The van der Waals surface area contributed by atoms with Gasteiger partial charge in [-0.25, -0.2) is 0 Å². The Morgan fingerprint density at radius 3 is 2.82 bits per heavy atom. The third kappa shape index (κ3) is 6.17. The molecular weight excluding hydrogens is 212 g/mol. The lowest BCUT2D eigenvalue weighted by Gasteiger charge is -2.11. The van der Waals surface area contributed by atoms with Gasteiger partial charge in [0.15, 0.2) is 0 Å². The normalized spacial score (nSPS) is 10.6. The summed E-state index contributed by atoms with van der Waals surface area (Å²) in [6.07, 6.45) is 2.17. The number of unbranched alkanes of at least 4 members (excludes halogenated alkanes) is 1. The van der Waals surface area contributed by atoms with Crippen molar-refractivity contribution in [2.24, 2.45) is 11.7 Å². The fraction of sp³-hybridized carbons (Fsp3) is 0.571. The predicted molar refractivity (Wildman–Crippen MR) is 73.6 cm³/mol. The quantitative estimate of drug-likeness (QED) is 0.682. The van der Waals surface area contributed by atoms with Crippen LogP contribution in [0, 0.1) is 5.92 Å². The molecule has 17 heavy (non-hydrogen) atoms. The summed E-state index contributed by atoms with van der Waals surface area (Å²) in [5.41, 5.74) is 6.57. The van der Waals surface area contributed by atoms with Gasteiger partial charge >= 0.3 is 0 Å². The molecule has 0 spiro atoms. The molecule has 0 aliphatic carbocycles. The number of nitrogens with two attached hydrogens (primary N) is 1. The van der Waals surface area contributed by atoms with E-state index in [1.165, 1.54) is 0 Å². The molecule has 0 aliphatic heterocycles. The van der Waals surface area contributed by atoms with Crippen molar-refractivity contribution in [3.63, 3.8) is 0 Å². The van der Waals surface area contributed by atoms with E-state index in [-0.39, 0.29) is 0 Å². The van der Waals surface area contributed by atoms with Gasteiger partial charge in [-0.2, -0.15) is 0 Å². The van der Waals surface area contributed by atoms with E-state index in [1.54, 1.807) is 0 Å². The Bertz CT molecular complexity index is 313. The lowest BCUT2D eigenvalue weighted by molar-refractivity contribution is 0.271. The molecule has 0 saturated heterocycles. The van der Waals surface area contributed by atoms with Gasteiger partial charge in [-0.05, 0) is 37.4 Å². The van der Waals surface area contributed by atoms with Crippen LogP contribution in [-0.4, -0.2) is 19.7 Å². The highest BCUT2D eigenvalue weighted by molar-refractivity contribution is 5.48. The Hall–Kier alpha value is -1.22. The topological polar surface area (TPSA) is 47.3 Å². The van der Waals surface area contributed by atoms with Gasteiger partial charge in [0.25, 0.3) is 0 Å². The Labute approximate surface area is 104 Å². The zero-order valence-corrected chi connectivity index (χ0v) is 10.9. The first-order chi connectivity index (χ1) is 8.22. The molecule has 3 nitrogen and oxygen atoms in total. The second kappa shape index (κ2) is 7.96. The Morgan fingerprint density at radius 2 is 2.12 bits per heavy atom. The number of anilines is 1. The number of benzene rings is 1. The summed E-state index contributed by atoms with van der Waals surface area (Å²) in [5, 5.41) is 3.37. The molecule has 0 bridgehead atoms. The molecule has 1 rings (SSSR count). The van der Waals surface area contributed by atoms with Gasteiger partial charge in [-0.3, -0.25) is 0 Å². The summed E-state index contributed by atoms with van der Waals surface area (Å²) >= 11 is 0. The molecule has 96 valence electrons. The van der Waals surface area contributed by atoms with Crippen LogP contribution >= 0.6 is 0 Å². The first-order valence-electron chi connectivity index (χ1n) is 6.39. The minimum Gasteiger partial charge on any atom is -0.493 e. The van der Waals surface area contributed by atoms with Crippen molar-refractivity contribution < 1.29 is 4.74 Å². The van der Waals surface area contributed by atoms with Crippen LogP contribution in [0.5, 0.6) is 5.75 Å². The largest absolute Gasteiger partial charge is 0.493 e. The SMILES string of the molecule is CC(C)COc1cccc(NCCCCN)c1. The molecule has 0 radical (unpaired) electrons. The molecule has 3 N–H and O–H groups in total. The monoisotopic (exact) mass is 236 g/mol. The van der Waals surface area contributed by atoms with Gasteiger partial charge in [0.1, 0.15) is 5.75 Å². The van der Waals surface area contributed by atoms with Crippen molar-refractivity contribution in [3.05, 3.63) is 24.3 Å². The molecular formula is C14H24N2O. The minimum absolute atomic E-state index is 0.552. The van der Waals surface area contributed by atoms with Gasteiger partial charge < -0.3 is 15.8 Å². The summed E-state index contributed by atoms with van der Waals surface area (Å²) in [5.74, 6) is 1.48. The number of rotatable bonds is 8. The molecule has 1 aromatic carbocycles. The summed E-state index contributed by atoms with van der Waals surface area (Å²) in [6.45, 7) is 6.78. The molecule has 0 atom stereocenters. The van der Waals surface area contributed by atoms with Crippen LogP contribution in [-0.2, 0) is 0 Å². The predicted octanol–water partition coefficient (Wildman–Crippen LogP) is 2.87. The van der Waals surface area contributed by atoms with Crippen LogP contribution in [0.25, 0.3) is 0 Å². The second-order valence-electron chi connectivity index (χ2n) is 4.66. The van der Waals surface area contributed by atoms with Gasteiger partial charge in [-0.1, -0.05) is 19.9 Å². The number of hydrogen-bond donors (Lipinski definition) is 2. The molecule has 0 aromatic heterocycles. The molecule has 1 aromatic rings. The van der Waals surface area contributed by atoms with Crippen LogP contribution in [0.1, 0.15) is 26.7 Å². The third-order valence-electron chi connectivity index (χ3n) is 2.38. The van der Waals surface area contributed by atoms with Crippen LogP contribution in [0.2, 0.25) is 0 Å². The summed E-state index contributed by atoms with van der Waals surface area (Å²) in [7, 11) is 0. The maximum atomic E-state index is 5.68. The molecule has 0 fully saturated rings. The highest BCUT2D eigenvalue weighted by Crippen LogP contribution is 2.17. The minimum atomic E-state index is 0.552. The van der Waals surface area contributed by atoms with E-state index in [9.17, 15) is 0 Å². The van der Waals surface area contributed by atoms with E-state index in [1.807, 2.05) is 18.2 Å². The highest BCUT2D eigenvalue weighted by atomic mass is 16.5. The molecule has 0 amide bonds. The molecule has 0 heterocycles. The second-order valence-corrected chi connectivity index (χ2v) is 4.66. The van der Waals surface area contributed by atoms with Crippen molar-refractivity contribution in [2.45, 2.75) is 26.7 Å². The van der Waals surface area contributed by atoms with Gasteiger partial charge in [0.2, 0.25) is 0 Å². The lowest BCUT2D eigenvalue weighted by atomic mass is 10.2.